The van der Waals surface area contributed by atoms with Crippen LogP contribution in [0.15, 0.2) is 42.5 Å². The third-order valence-corrected chi connectivity index (χ3v) is 4.09. The Hall–Kier alpha value is -3.28. The molecule has 0 saturated heterocycles. The van der Waals surface area contributed by atoms with Crippen LogP contribution in [0.2, 0.25) is 0 Å². The Morgan fingerprint density at radius 2 is 1.81 bits per heavy atom. The maximum absolute atomic E-state index is 12.4. The number of benzene rings is 2. The number of pyridine rings is 1. The standard InChI is InChI=1S/C21H22N2O4/c1-13-5-8-19(26-4)18(9-13)23-21(24)12-27-20-10-14(2)22-17-7-6-15(25-3)11-16(17)20/h5-11H,12H2,1-4H3,(H,23,24). The van der Waals surface area contributed by atoms with Crippen LogP contribution in [0.3, 0.4) is 0 Å². The van der Waals surface area contributed by atoms with E-state index in [0.29, 0.717) is 22.9 Å². The molecule has 1 amide bonds. The molecule has 6 heteroatoms. The second-order valence-electron chi connectivity index (χ2n) is 6.19. The molecule has 27 heavy (non-hydrogen) atoms. The largest absolute Gasteiger partial charge is 0.497 e. The van der Waals surface area contributed by atoms with E-state index in [0.717, 1.165) is 22.2 Å². The molecule has 3 aromatic rings. The molecule has 1 N–H and O–H groups in total. The molecule has 1 aromatic heterocycles. The highest BCUT2D eigenvalue weighted by molar-refractivity contribution is 5.94. The number of aromatic nitrogens is 1. The maximum Gasteiger partial charge on any atom is 0.262 e. The zero-order chi connectivity index (χ0) is 19.4. The summed E-state index contributed by atoms with van der Waals surface area (Å²) in [4.78, 5) is 16.9. The summed E-state index contributed by atoms with van der Waals surface area (Å²) in [6.45, 7) is 3.70. The molecule has 0 spiro atoms. The first-order chi connectivity index (χ1) is 13.0. The van der Waals surface area contributed by atoms with Gasteiger partial charge < -0.3 is 19.5 Å². The van der Waals surface area contributed by atoms with Crippen molar-refractivity contribution in [3.8, 4) is 17.2 Å². The molecule has 2 aromatic carbocycles. The summed E-state index contributed by atoms with van der Waals surface area (Å²) in [5.74, 6) is 1.61. The first kappa shape index (κ1) is 18.5. The van der Waals surface area contributed by atoms with Crippen molar-refractivity contribution in [2.75, 3.05) is 26.1 Å². The van der Waals surface area contributed by atoms with Gasteiger partial charge in [-0.3, -0.25) is 9.78 Å². The van der Waals surface area contributed by atoms with E-state index in [2.05, 4.69) is 10.3 Å². The maximum atomic E-state index is 12.4. The number of anilines is 1. The minimum atomic E-state index is -0.274. The van der Waals surface area contributed by atoms with Crippen LogP contribution in [-0.4, -0.2) is 31.7 Å². The smallest absolute Gasteiger partial charge is 0.262 e. The fraction of sp³-hybridized carbons (Fsp3) is 0.238. The molecule has 3 rings (SSSR count). The topological polar surface area (TPSA) is 69.7 Å². The lowest BCUT2D eigenvalue weighted by molar-refractivity contribution is -0.118. The van der Waals surface area contributed by atoms with E-state index in [1.165, 1.54) is 0 Å². The summed E-state index contributed by atoms with van der Waals surface area (Å²) in [5.41, 5.74) is 3.23. The third-order valence-electron chi connectivity index (χ3n) is 4.09. The Morgan fingerprint density at radius 3 is 2.56 bits per heavy atom. The van der Waals surface area contributed by atoms with Crippen LogP contribution in [0.5, 0.6) is 17.2 Å². The average Bonchev–Trinajstić information content (AvgIpc) is 2.66. The van der Waals surface area contributed by atoms with E-state index in [9.17, 15) is 4.79 Å². The lowest BCUT2D eigenvalue weighted by Gasteiger charge is -2.13. The summed E-state index contributed by atoms with van der Waals surface area (Å²) in [5, 5.41) is 3.62. The molecular weight excluding hydrogens is 344 g/mol. The van der Waals surface area contributed by atoms with Gasteiger partial charge in [-0.15, -0.1) is 0 Å². The minimum absolute atomic E-state index is 0.132. The molecule has 1 heterocycles. The number of amides is 1. The van der Waals surface area contributed by atoms with Gasteiger partial charge in [-0.2, -0.15) is 0 Å². The van der Waals surface area contributed by atoms with Crippen molar-refractivity contribution in [1.29, 1.82) is 0 Å². The van der Waals surface area contributed by atoms with E-state index in [4.69, 9.17) is 14.2 Å². The van der Waals surface area contributed by atoms with Crippen molar-refractivity contribution < 1.29 is 19.0 Å². The van der Waals surface area contributed by atoms with Crippen LogP contribution in [0.25, 0.3) is 10.9 Å². The number of hydrogen-bond donors (Lipinski definition) is 1. The van der Waals surface area contributed by atoms with Crippen LogP contribution < -0.4 is 19.5 Å². The van der Waals surface area contributed by atoms with E-state index in [1.54, 1.807) is 14.2 Å². The van der Waals surface area contributed by atoms with E-state index in [-0.39, 0.29) is 12.5 Å². The number of methoxy groups -OCH3 is 2. The summed E-state index contributed by atoms with van der Waals surface area (Å²) in [6, 6.07) is 13.0. The molecule has 0 bridgehead atoms. The molecule has 6 nitrogen and oxygen atoms in total. The monoisotopic (exact) mass is 366 g/mol. The molecular formula is C21H22N2O4. The molecule has 140 valence electrons. The van der Waals surface area contributed by atoms with Gasteiger partial charge in [0.15, 0.2) is 6.61 Å². The first-order valence-corrected chi connectivity index (χ1v) is 8.53. The van der Waals surface area contributed by atoms with E-state index < -0.39 is 0 Å². The lowest BCUT2D eigenvalue weighted by Crippen LogP contribution is -2.20. The average molecular weight is 366 g/mol. The Balaban J connectivity index is 1.78. The quantitative estimate of drug-likeness (QED) is 0.717. The Bertz CT molecular complexity index is 985. The SMILES string of the molecule is COc1ccc2nc(C)cc(OCC(=O)Nc3cc(C)ccc3OC)c2c1. The van der Waals surface area contributed by atoms with Gasteiger partial charge in [0.05, 0.1) is 25.4 Å². The van der Waals surface area contributed by atoms with Crippen molar-refractivity contribution in [1.82, 2.24) is 4.98 Å². The van der Waals surface area contributed by atoms with Crippen LogP contribution in [0.1, 0.15) is 11.3 Å². The van der Waals surface area contributed by atoms with Crippen LogP contribution in [0, 0.1) is 13.8 Å². The van der Waals surface area contributed by atoms with Gasteiger partial charge in [-0.05, 0) is 49.7 Å². The van der Waals surface area contributed by atoms with Crippen LogP contribution in [-0.2, 0) is 4.79 Å². The number of carbonyl (C=O) groups is 1. The molecule has 0 unspecified atom stereocenters. The fourth-order valence-corrected chi connectivity index (χ4v) is 2.80. The predicted molar refractivity (Wildman–Crippen MR) is 105 cm³/mol. The highest BCUT2D eigenvalue weighted by Gasteiger charge is 2.11. The number of ether oxygens (including phenoxy) is 3. The van der Waals surface area contributed by atoms with Gasteiger partial charge in [0.25, 0.3) is 5.91 Å². The highest BCUT2D eigenvalue weighted by atomic mass is 16.5. The second-order valence-corrected chi connectivity index (χ2v) is 6.19. The second kappa shape index (κ2) is 7.95. The number of fused-ring (bicyclic) bond motifs is 1. The first-order valence-electron chi connectivity index (χ1n) is 8.53. The molecule has 0 aliphatic carbocycles. The fourth-order valence-electron chi connectivity index (χ4n) is 2.80. The Labute approximate surface area is 158 Å². The highest BCUT2D eigenvalue weighted by Crippen LogP contribution is 2.29. The van der Waals surface area contributed by atoms with Gasteiger partial charge in [-0.1, -0.05) is 6.07 Å². The van der Waals surface area contributed by atoms with Crippen molar-refractivity contribution in [3.05, 3.63) is 53.7 Å². The molecule has 0 saturated carbocycles. The number of hydrogen-bond acceptors (Lipinski definition) is 5. The normalized spacial score (nSPS) is 10.5. The van der Waals surface area contributed by atoms with E-state index >= 15 is 0 Å². The zero-order valence-electron chi connectivity index (χ0n) is 15.8. The van der Waals surface area contributed by atoms with Crippen molar-refractivity contribution in [3.63, 3.8) is 0 Å². The van der Waals surface area contributed by atoms with Crippen LogP contribution >= 0.6 is 0 Å². The number of nitrogens with zero attached hydrogens (tertiary/aromatic N) is 1. The summed E-state index contributed by atoms with van der Waals surface area (Å²) >= 11 is 0. The zero-order valence-corrected chi connectivity index (χ0v) is 15.8. The van der Waals surface area contributed by atoms with Gasteiger partial charge in [0.1, 0.15) is 17.2 Å². The number of rotatable bonds is 6. The molecule has 0 atom stereocenters. The molecule has 0 aliphatic heterocycles. The van der Waals surface area contributed by atoms with Gasteiger partial charge in [0, 0.05) is 17.1 Å². The summed E-state index contributed by atoms with van der Waals surface area (Å²) in [6.07, 6.45) is 0. The number of nitrogens with one attached hydrogen (secondary N) is 1. The third kappa shape index (κ3) is 4.28. The Morgan fingerprint density at radius 1 is 1.00 bits per heavy atom. The number of aryl methyl sites for hydroxylation is 2. The minimum Gasteiger partial charge on any atom is -0.497 e. The Kier molecular flexibility index (Phi) is 5.45. The molecule has 0 aliphatic rings. The lowest BCUT2D eigenvalue weighted by atomic mass is 10.1. The van der Waals surface area contributed by atoms with Gasteiger partial charge in [0.2, 0.25) is 0 Å². The number of carbonyl (C=O) groups excluding carboxylic acids is 1. The van der Waals surface area contributed by atoms with Crippen molar-refractivity contribution in [2.45, 2.75) is 13.8 Å². The summed E-state index contributed by atoms with van der Waals surface area (Å²) in [7, 11) is 3.17. The van der Waals surface area contributed by atoms with E-state index in [1.807, 2.05) is 56.3 Å². The van der Waals surface area contributed by atoms with Crippen molar-refractivity contribution in [2.24, 2.45) is 0 Å². The predicted octanol–water partition coefficient (Wildman–Crippen LogP) is 3.89. The molecule has 0 radical (unpaired) electrons. The van der Waals surface area contributed by atoms with Crippen LogP contribution in [0.4, 0.5) is 5.69 Å². The van der Waals surface area contributed by atoms with Gasteiger partial charge >= 0.3 is 0 Å². The summed E-state index contributed by atoms with van der Waals surface area (Å²) < 4.78 is 16.3. The molecule has 0 fully saturated rings. The van der Waals surface area contributed by atoms with Crippen molar-refractivity contribution >= 4 is 22.5 Å². The van der Waals surface area contributed by atoms with Gasteiger partial charge in [-0.25, -0.2) is 0 Å².